The SMILES string of the molecule is CN(CC1CC1)C(=O)Nc1ccccc1C(=O)O. The molecule has 0 saturated heterocycles. The maximum absolute atomic E-state index is 11.9. The Balaban J connectivity index is 2.03. The van der Waals surface area contributed by atoms with Crippen LogP contribution in [0.3, 0.4) is 0 Å². The molecule has 1 aromatic carbocycles. The number of carbonyl (C=O) groups excluding carboxylic acids is 1. The van der Waals surface area contributed by atoms with Gasteiger partial charge in [-0.25, -0.2) is 9.59 Å². The van der Waals surface area contributed by atoms with Crippen LogP contribution in [-0.4, -0.2) is 35.6 Å². The highest BCUT2D eigenvalue weighted by molar-refractivity contribution is 5.99. The number of anilines is 1. The first-order valence-corrected chi connectivity index (χ1v) is 5.92. The third-order valence-electron chi connectivity index (χ3n) is 2.97. The largest absolute Gasteiger partial charge is 0.478 e. The van der Waals surface area contributed by atoms with Gasteiger partial charge < -0.3 is 15.3 Å². The number of hydrogen-bond donors (Lipinski definition) is 2. The summed E-state index contributed by atoms with van der Waals surface area (Å²) in [6, 6.07) is 6.12. The van der Waals surface area contributed by atoms with Crippen molar-refractivity contribution in [1.82, 2.24) is 4.90 Å². The van der Waals surface area contributed by atoms with Crippen LogP contribution in [0.2, 0.25) is 0 Å². The van der Waals surface area contributed by atoms with E-state index in [1.807, 2.05) is 0 Å². The number of carboxylic acid groups (broad SMARTS) is 1. The number of hydrogen-bond acceptors (Lipinski definition) is 2. The van der Waals surface area contributed by atoms with E-state index in [0.29, 0.717) is 11.6 Å². The molecule has 0 aromatic heterocycles. The van der Waals surface area contributed by atoms with Gasteiger partial charge in [0.2, 0.25) is 0 Å². The van der Waals surface area contributed by atoms with Gasteiger partial charge in [0.25, 0.3) is 0 Å². The van der Waals surface area contributed by atoms with Gasteiger partial charge in [0.15, 0.2) is 0 Å². The van der Waals surface area contributed by atoms with Crippen LogP contribution in [0.1, 0.15) is 23.2 Å². The van der Waals surface area contributed by atoms with Crippen molar-refractivity contribution in [3.05, 3.63) is 29.8 Å². The standard InChI is InChI=1S/C13H16N2O3/c1-15(8-9-6-7-9)13(18)14-11-5-3-2-4-10(11)12(16)17/h2-5,9H,6-8H2,1H3,(H,14,18)(H,16,17). The summed E-state index contributed by atoms with van der Waals surface area (Å²) in [6.45, 7) is 0.723. The first-order valence-electron chi connectivity index (χ1n) is 5.92. The Morgan fingerprint density at radius 2 is 2.06 bits per heavy atom. The van der Waals surface area contributed by atoms with Crippen LogP contribution >= 0.6 is 0 Å². The first-order chi connectivity index (χ1) is 8.58. The van der Waals surface area contributed by atoms with Gasteiger partial charge in [-0.2, -0.15) is 0 Å². The fraction of sp³-hybridized carbons (Fsp3) is 0.385. The summed E-state index contributed by atoms with van der Waals surface area (Å²) < 4.78 is 0. The van der Waals surface area contributed by atoms with E-state index in [1.165, 1.54) is 18.9 Å². The van der Waals surface area contributed by atoms with E-state index >= 15 is 0 Å². The molecule has 0 atom stereocenters. The molecule has 5 nitrogen and oxygen atoms in total. The van der Waals surface area contributed by atoms with E-state index in [0.717, 1.165) is 6.54 Å². The molecule has 18 heavy (non-hydrogen) atoms. The predicted octanol–water partition coefficient (Wildman–Crippen LogP) is 2.26. The Morgan fingerprint density at radius 1 is 1.39 bits per heavy atom. The molecule has 1 aromatic rings. The van der Waals surface area contributed by atoms with E-state index in [4.69, 9.17) is 5.11 Å². The van der Waals surface area contributed by atoms with E-state index in [-0.39, 0.29) is 11.6 Å². The highest BCUT2D eigenvalue weighted by atomic mass is 16.4. The molecule has 0 radical (unpaired) electrons. The number of nitrogens with one attached hydrogen (secondary N) is 1. The number of amides is 2. The second-order valence-electron chi connectivity index (χ2n) is 4.60. The molecular weight excluding hydrogens is 232 g/mol. The van der Waals surface area contributed by atoms with Crippen molar-refractivity contribution >= 4 is 17.7 Å². The second-order valence-corrected chi connectivity index (χ2v) is 4.60. The number of para-hydroxylation sites is 1. The van der Waals surface area contributed by atoms with Crippen LogP contribution in [-0.2, 0) is 0 Å². The minimum Gasteiger partial charge on any atom is -0.478 e. The van der Waals surface area contributed by atoms with E-state index in [2.05, 4.69) is 5.32 Å². The van der Waals surface area contributed by atoms with Crippen molar-refractivity contribution in [2.45, 2.75) is 12.8 Å². The van der Waals surface area contributed by atoms with Gasteiger partial charge in [-0.05, 0) is 30.9 Å². The summed E-state index contributed by atoms with van der Waals surface area (Å²) in [5, 5.41) is 11.6. The molecule has 96 valence electrons. The van der Waals surface area contributed by atoms with E-state index in [1.54, 1.807) is 30.1 Å². The lowest BCUT2D eigenvalue weighted by molar-refractivity contribution is 0.0698. The Labute approximate surface area is 105 Å². The fourth-order valence-electron chi connectivity index (χ4n) is 1.76. The predicted molar refractivity (Wildman–Crippen MR) is 67.8 cm³/mol. The summed E-state index contributed by atoms with van der Waals surface area (Å²) in [5.74, 6) is -0.439. The zero-order valence-electron chi connectivity index (χ0n) is 10.2. The van der Waals surface area contributed by atoms with Crippen LogP contribution in [0, 0.1) is 5.92 Å². The normalized spacial score (nSPS) is 14.1. The lowest BCUT2D eigenvalue weighted by atomic mass is 10.2. The minimum atomic E-state index is -1.05. The van der Waals surface area contributed by atoms with Crippen LogP contribution in [0.4, 0.5) is 10.5 Å². The lowest BCUT2D eigenvalue weighted by Gasteiger charge is -2.18. The zero-order chi connectivity index (χ0) is 13.1. The lowest BCUT2D eigenvalue weighted by Crippen LogP contribution is -2.33. The van der Waals surface area contributed by atoms with Gasteiger partial charge in [-0.1, -0.05) is 12.1 Å². The number of urea groups is 1. The number of carbonyl (C=O) groups is 2. The van der Waals surface area contributed by atoms with Crippen molar-refractivity contribution in [1.29, 1.82) is 0 Å². The average Bonchev–Trinajstić information content (AvgIpc) is 3.13. The van der Waals surface area contributed by atoms with Crippen LogP contribution < -0.4 is 5.32 Å². The molecule has 0 bridgehead atoms. The highest BCUT2D eigenvalue weighted by Crippen LogP contribution is 2.29. The number of aromatic carboxylic acids is 1. The van der Waals surface area contributed by atoms with Gasteiger partial charge in [-0.3, -0.25) is 0 Å². The first kappa shape index (κ1) is 12.4. The molecule has 0 spiro atoms. The molecule has 0 unspecified atom stereocenters. The van der Waals surface area contributed by atoms with Crippen molar-refractivity contribution in [3.8, 4) is 0 Å². The molecule has 5 heteroatoms. The number of nitrogens with zero attached hydrogens (tertiary/aromatic N) is 1. The average molecular weight is 248 g/mol. The van der Waals surface area contributed by atoms with Crippen molar-refractivity contribution < 1.29 is 14.7 Å². The maximum atomic E-state index is 11.9. The summed E-state index contributed by atoms with van der Waals surface area (Å²) >= 11 is 0. The number of carboxylic acids is 1. The van der Waals surface area contributed by atoms with Gasteiger partial charge in [0.05, 0.1) is 11.3 Å². The summed E-state index contributed by atoms with van der Waals surface area (Å²) in [5.41, 5.74) is 0.434. The topological polar surface area (TPSA) is 69.6 Å². The molecule has 1 aliphatic carbocycles. The van der Waals surface area contributed by atoms with Crippen molar-refractivity contribution in [2.24, 2.45) is 5.92 Å². The Morgan fingerprint density at radius 3 is 2.67 bits per heavy atom. The Hall–Kier alpha value is -2.04. The molecule has 1 aliphatic rings. The van der Waals surface area contributed by atoms with Crippen molar-refractivity contribution in [2.75, 3.05) is 18.9 Å². The molecule has 2 rings (SSSR count). The molecular formula is C13H16N2O3. The molecule has 2 N–H and O–H groups in total. The van der Waals surface area contributed by atoms with Crippen LogP contribution in [0.15, 0.2) is 24.3 Å². The third-order valence-corrected chi connectivity index (χ3v) is 2.97. The molecule has 2 amide bonds. The van der Waals surface area contributed by atoms with Crippen LogP contribution in [0.5, 0.6) is 0 Å². The Kier molecular flexibility index (Phi) is 3.50. The summed E-state index contributed by atoms with van der Waals surface area (Å²) in [4.78, 5) is 24.5. The fourth-order valence-corrected chi connectivity index (χ4v) is 1.76. The van der Waals surface area contributed by atoms with Gasteiger partial charge in [-0.15, -0.1) is 0 Å². The second kappa shape index (κ2) is 5.08. The highest BCUT2D eigenvalue weighted by Gasteiger charge is 2.25. The van der Waals surface area contributed by atoms with Gasteiger partial charge in [0, 0.05) is 13.6 Å². The number of rotatable bonds is 4. The van der Waals surface area contributed by atoms with Gasteiger partial charge >= 0.3 is 12.0 Å². The maximum Gasteiger partial charge on any atom is 0.337 e. The molecule has 0 aliphatic heterocycles. The summed E-state index contributed by atoms with van der Waals surface area (Å²) in [7, 11) is 1.72. The van der Waals surface area contributed by atoms with E-state index < -0.39 is 5.97 Å². The zero-order valence-corrected chi connectivity index (χ0v) is 10.2. The van der Waals surface area contributed by atoms with Crippen LogP contribution in [0.25, 0.3) is 0 Å². The van der Waals surface area contributed by atoms with E-state index in [9.17, 15) is 9.59 Å². The third kappa shape index (κ3) is 3.00. The molecule has 0 heterocycles. The molecule has 1 fully saturated rings. The Bertz CT molecular complexity index is 469. The summed E-state index contributed by atoms with van der Waals surface area (Å²) in [6.07, 6.45) is 2.34. The number of benzene rings is 1. The smallest absolute Gasteiger partial charge is 0.337 e. The van der Waals surface area contributed by atoms with Crippen molar-refractivity contribution in [3.63, 3.8) is 0 Å². The minimum absolute atomic E-state index is 0.102. The molecule has 1 saturated carbocycles. The monoisotopic (exact) mass is 248 g/mol. The van der Waals surface area contributed by atoms with Gasteiger partial charge in [0.1, 0.15) is 0 Å². The quantitative estimate of drug-likeness (QED) is 0.858.